The zero-order valence-electron chi connectivity index (χ0n) is 9.22. The van der Waals surface area contributed by atoms with Crippen LogP contribution in [0.3, 0.4) is 0 Å². The predicted molar refractivity (Wildman–Crippen MR) is 60.3 cm³/mol. The highest BCUT2D eigenvalue weighted by atomic mass is 16.6. The van der Waals surface area contributed by atoms with Crippen LogP contribution in [0.1, 0.15) is 29.6 Å². The number of esters is 1. The van der Waals surface area contributed by atoms with E-state index in [2.05, 4.69) is 0 Å². The van der Waals surface area contributed by atoms with E-state index in [0.29, 0.717) is 12.2 Å². The quantitative estimate of drug-likeness (QED) is 0.734. The Kier molecular flexibility index (Phi) is 3.94. The molecule has 0 spiro atoms. The summed E-state index contributed by atoms with van der Waals surface area (Å²) in [5.74, 6) is -0.269. The molecule has 1 heterocycles. The molecule has 0 amide bonds. The number of hydrogen-bond donors (Lipinski definition) is 0. The average Bonchev–Trinajstić information content (AvgIpc) is 2.38. The Hall–Kier alpha value is -1.35. The van der Waals surface area contributed by atoms with E-state index in [-0.39, 0.29) is 12.1 Å². The van der Waals surface area contributed by atoms with Gasteiger partial charge in [-0.3, -0.25) is 0 Å². The van der Waals surface area contributed by atoms with Gasteiger partial charge in [0, 0.05) is 6.61 Å². The van der Waals surface area contributed by atoms with Crippen molar-refractivity contribution in [2.24, 2.45) is 0 Å². The number of benzene rings is 1. The molecule has 16 heavy (non-hydrogen) atoms. The summed E-state index contributed by atoms with van der Waals surface area (Å²) in [6.07, 6.45) is 3.35. The van der Waals surface area contributed by atoms with Crippen LogP contribution in [0.4, 0.5) is 0 Å². The molecule has 0 radical (unpaired) electrons. The highest BCUT2D eigenvalue weighted by Gasteiger charge is 2.16. The van der Waals surface area contributed by atoms with Crippen LogP contribution in [-0.2, 0) is 9.47 Å². The third-order valence-electron chi connectivity index (χ3n) is 2.68. The van der Waals surface area contributed by atoms with Gasteiger partial charge >= 0.3 is 5.97 Å². The number of ether oxygens (including phenoxy) is 2. The maximum absolute atomic E-state index is 11.6. The summed E-state index contributed by atoms with van der Waals surface area (Å²) in [5, 5.41) is 0. The molecular weight excluding hydrogens is 204 g/mol. The van der Waals surface area contributed by atoms with E-state index in [4.69, 9.17) is 9.47 Å². The molecule has 1 aliphatic heterocycles. The van der Waals surface area contributed by atoms with Crippen molar-refractivity contribution in [3.05, 3.63) is 35.9 Å². The highest BCUT2D eigenvalue weighted by molar-refractivity contribution is 5.89. The lowest BCUT2D eigenvalue weighted by Crippen LogP contribution is -2.25. The van der Waals surface area contributed by atoms with Gasteiger partial charge in [0.15, 0.2) is 0 Å². The SMILES string of the molecule is O=C(OC[C@H]1CCCCO1)c1ccccc1. The van der Waals surface area contributed by atoms with Crippen LogP contribution in [0, 0.1) is 0 Å². The second-order valence-corrected chi connectivity index (χ2v) is 3.95. The summed E-state index contributed by atoms with van der Waals surface area (Å²) in [6.45, 7) is 1.15. The fraction of sp³-hybridized carbons (Fsp3) is 0.462. The lowest BCUT2D eigenvalue weighted by molar-refractivity contribution is -0.0300. The normalized spacial score (nSPS) is 20.4. The zero-order valence-corrected chi connectivity index (χ0v) is 9.22. The van der Waals surface area contributed by atoms with E-state index in [0.717, 1.165) is 25.9 Å². The van der Waals surface area contributed by atoms with Crippen molar-refractivity contribution in [1.82, 2.24) is 0 Å². The van der Waals surface area contributed by atoms with Crippen molar-refractivity contribution in [2.45, 2.75) is 25.4 Å². The minimum absolute atomic E-state index is 0.0846. The summed E-state index contributed by atoms with van der Waals surface area (Å²) in [6, 6.07) is 9.04. The second kappa shape index (κ2) is 5.66. The fourth-order valence-corrected chi connectivity index (χ4v) is 1.77. The molecule has 86 valence electrons. The molecule has 1 aromatic rings. The van der Waals surface area contributed by atoms with Crippen LogP contribution in [-0.4, -0.2) is 25.3 Å². The van der Waals surface area contributed by atoms with E-state index in [9.17, 15) is 4.79 Å². The average molecular weight is 220 g/mol. The topological polar surface area (TPSA) is 35.5 Å². The van der Waals surface area contributed by atoms with E-state index >= 15 is 0 Å². The van der Waals surface area contributed by atoms with Crippen LogP contribution in [0.15, 0.2) is 30.3 Å². The largest absolute Gasteiger partial charge is 0.459 e. The Morgan fingerprint density at radius 1 is 1.31 bits per heavy atom. The summed E-state index contributed by atoms with van der Waals surface area (Å²) in [4.78, 5) is 11.6. The summed E-state index contributed by atoms with van der Waals surface area (Å²) >= 11 is 0. The first-order valence-electron chi connectivity index (χ1n) is 5.70. The number of carbonyl (C=O) groups excluding carboxylic acids is 1. The van der Waals surface area contributed by atoms with Crippen molar-refractivity contribution in [3.8, 4) is 0 Å². The molecule has 3 heteroatoms. The van der Waals surface area contributed by atoms with Crippen LogP contribution >= 0.6 is 0 Å². The first-order valence-corrected chi connectivity index (χ1v) is 5.70. The van der Waals surface area contributed by atoms with Crippen LogP contribution in [0.2, 0.25) is 0 Å². The Balaban J connectivity index is 1.79. The second-order valence-electron chi connectivity index (χ2n) is 3.95. The molecule has 1 fully saturated rings. The lowest BCUT2D eigenvalue weighted by Gasteiger charge is -2.22. The Bertz CT molecular complexity index is 328. The van der Waals surface area contributed by atoms with Crippen LogP contribution in [0.25, 0.3) is 0 Å². The molecule has 2 rings (SSSR count). The van der Waals surface area contributed by atoms with Gasteiger partial charge in [-0.25, -0.2) is 4.79 Å². The Morgan fingerprint density at radius 2 is 2.12 bits per heavy atom. The third kappa shape index (κ3) is 3.07. The maximum Gasteiger partial charge on any atom is 0.338 e. The van der Waals surface area contributed by atoms with Gasteiger partial charge in [0.05, 0.1) is 11.7 Å². The first-order chi connectivity index (χ1) is 7.86. The zero-order chi connectivity index (χ0) is 11.2. The molecule has 1 atom stereocenters. The van der Waals surface area contributed by atoms with Gasteiger partial charge in [-0.05, 0) is 31.4 Å². The monoisotopic (exact) mass is 220 g/mol. The summed E-state index contributed by atoms with van der Waals surface area (Å²) in [5.41, 5.74) is 0.596. The van der Waals surface area contributed by atoms with Crippen molar-refractivity contribution >= 4 is 5.97 Å². The van der Waals surface area contributed by atoms with Gasteiger partial charge in [0.1, 0.15) is 6.61 Å². The molecule has 0 unspecified atom stereocenters. The summed E-state index contributed by atoms with van der Waals surface area (Å²) < 4.78 is 10.7. The van der Waals surface area contributed by atoms with E-state index in [1.807, 2.05) is 18.2 Å². The van der Waals surface area contributed by atoms with Gasteiger partial charge in [-0.2, -0.15) is 0 Å². The molecule has 1 aromatic carbocycles. The lowest BCUT2D eigenvalue weighted by atomic mass is 10.1. The minimum Gasteiger partial charge on any atom is -0.459 e. The molecule has 0 aromatic heterocycles. The number of hydrogen-bond acceptors (Lipinski definition) is 3. The molecule has 0 saturated carbocycles. The van der Waals surface area contributed by atoms with Crippen molar-refractivity contribution in [1.29, 1.82) is 0 Å². The van der Waals surface area contributed by atoms with Gasteiger partial charge in [0.25, 0.3) is 0 Å². The Labute approximate surface area is 95.4 Å². The van der Waals surface area contributed by atoms with Crippen LogP contribution in [0.5, 0.6) is 0 Å². The molecule has 0 aliphatic carbocycles. The van der Waals surface area contributed by atoms with Crippen LogP contribution < -0.4 is 0 Å². The highest BCUT2D eigenvalue weighted by Crippen LogP contribution is 2.13. The van der Waals surface area contributed by atoms with Crippen molar-refractivity contribution in [3.63, 3.8) is 0 Å². The van der Waals surface area contributed by atoms with Crippen molar-refractivity contribution in [2.75, 3.05) is 13.2 Å². The molecule has 1 aliphatic rings. The molecule has 3 nitrogen and oxygen atoms in total. The minimum atomic E-state index is -0.269. The first kappa shape index (κ1) is 11.1. The smallest absolute Gasteiger partial charge is 0.338 e. The van der Waals surface area contributed by atoms with Crippen molar-refractivity contribution < 1.29 is 14.3 Å². The Morgan fingerprint density at radius 3 is 2.81 bits per heavy atom. The third-order valence-corrected chi connectivity index (χ3v) is 2.68. The van der Waals surface area contributed by atoms with Gasteiger partial charge in [-0.1, -0.05) is 18.2 Å². The van der Waals surface area contributed by atoms with Gasteiger partial charge in [0.2, 0.25) is 0 Å². The fourth-order valence-electron chi connectivity index (χ4n) is 1.77. The van der Waals surface area contributed by atoms with E-state index in [1.54, 1.807) is 12.1 Å². The maximum atomic E-state index is 11.6. The summed E-state index contributed by atoms with van der Waals surface area (Å²) in [7, 11) is 0. The van der Waals surface area contributed by atoms with Gasteiger partial charge in [-0.15, -0.1) is 0 Å². The van der Waals surface area contributed by atoms with E-state index < -0.39 is 0 Å². The molecule has 0 N–H and O–H groups in total. The molecule has 0 bridgehead atoms. The number of carbonyl (C=O) groups is 1. The standard InChI is InChI=1S/C13H16O3/c14-13(11-6-2-1-3-7-11)16-10-12-8-4-5-9-15-12/h1-3,6-7,12H,4-5,8-10H2/t12-/m1/s1. The predicted octanol–water partition coefficient (Wildman–Crippen LogP) is 2.41. The number of rotatable bonds is 3. The van der Waals surface area contributed by atoms with Gasteiger partial charge < -0.3 is 9.47 Å². The van der Waals surface area contributed by atoms with E-state index in [1.165, 1.54) is 0 Å². The molecular formula is C13H16O3. The molecule has 1 saturated heterocycles.